The van der Waals surface area contributed by atoms with Crippen LogP contribution in [0.25, 0.3) is 0 Å². The first-order valence-electron chi connectivity index (χ1n) is 6.85. The summed E-state index contributed by atoms with van der Waals surface area (Å²) in [4.78, 5) is 2.32. The third-order valence-electron chi connectivity index (χ3n) is 3.09. The number of benzene rings is 1. The minimum absolute atomic E-state index is 0.696. The molecule has 0 N–H and O–H groups in total. The van der Waals surface area contributed by atoms with Crippen molar-refractivity contribution in [2.24, 2.45) is 0 Å². The van der Waals surface area contributed by atoms with E-state index in [1.807, 2.05) is 37.3 Å². The zero-order valence-corrected chi connectivity index (χ0v) is 12.0. The molecule has 0 aliphatic heterocycles. The van der Waals surface area contributed by atoms with E-state index >= 15 is 0 Å². The van der Waals surface area contributed by atoms with Gasteiger partial charge in [-0.2, -0.15) is 5.26 Å². The van der Waals surface area contributed by atoms with Gasteiger partial charge < -0.3 is 4.52 Å². The van der Waals surface area contributed by atoms with Gasteiger partial charge in [0.15, 0.2) is 5.76 Å². The van der Waals surface area contributed by atoms with Crippen molar-refractivity contribution in [1.82, 2.24) is 10.1 Å². The first-order valence-corrected chi connectivity index (χ1v) is 6.85. The summed E-state index contributed by atoms with van der Waals surface area (Å²) in [5, 5.41) is 12.7. The lowest BCUT2D eigenvalue weighted by Gasteiger charge is -2.20. The average Bonchev–Trinajstić information content (AvgIpc) is 2.85. The number of aryl methyl sites for hydroxylation is 1. The second kappa shape index (κ2) is 6.88. The van der Waals surface area contributed by atoms with Crippen molar-refractivity contribution < 1.29 is 4.52 Å². The van der Waals surface area contributed by atoms with Crippen LogP contribution >= 0.6 is 0 Å². The van der Waals surface area contributed by atoms with Crippen LogP contribution in [-0.2, 0) is 13.1 Å². The van der Waals surface area contributed by atoms with Crippen LogP contribution < -0.4 is 0 Å². The van der Waals surface area contributed by atoms with Crippen molar-refractivity contribution >= 4 is 0 Å². The number of nitriles is 1. The van der Waals surface area contributed by atoms with Crippen molar-refractivity contribution in [3.63, 3.8) is 0 Å². The van der Waals surface area contributed by atoms with Gasteiger partial charge in [0.05, 0.1) is 23.9 Å². The van der Waals surface area contributed by atoms with Gasteiger partial charge in [0.1, 0.15) is 0 Å². The highest BCUT2D eigenvalue weighted by atomic mass is 16.5. The first-order chi connectivity index (χ1) is 9.71. The molecule has 0 unspecified atom stereocenters. The molecule has 0 atom stereocenters. The molecule has 0 bridgehead atoms. The Morgan fingerprint density at radius 3 is 2.55 bits per heavy atom. The van der Waals surface area contributed by atoms with Crippen LogP contribution in [-0.4, -0.2) is 16.6 Å². The van der Waals surface area contributed by atoms with Gasteiger partial charge in [0, 0.05) is 12.6 Å². The molecule has 0 saturated heterocycles. The Morgan fingerprint density at radius 1 is 1.25 bits per heavy atom. The molecule has 0 saturated carbocycles. The molecule has 2 aromatic rings. The van der Waals surface area contributed by atoms with E-state index < -0.39 is 0 Å². The summed E-state index contributed by atoms with van der Waals surface area (Å²) in [7, 11) is 0. The summed E-state index contributed by atoms with van der Waals surface area (Å²) in [6.45, 7) is 6.70. The Balaban J connectivity index is 2.02. The second-order valence-corrected chi connectivity index (χ2v) is 4.95. The Morgan fingerprint density at radius 2 is 2.00 bits per heavy atom. The predicted octanol–water partition coefficient (Wildman–Crippen LogP) is 3.27. The van der Waals surface area contributed by atoms with Gasteiger partial charge >= 0.3 is 0 Å². The fraction of sp³-hybridized carbons (Fsp3) is 0.375. The highest BCUT2D eigenvalue weighted by molar-refractivity contribution is 5.31. The molecule has 2 rings (SSSR count). The van der Waals surface area contributed by atoms with Gasteiger partial charge in [-0.25, -0.2) is 0 Å². The lowest BCUT2D eigenvalue weighted by atomic mass is 10.1. The molecule has 0 spiro atoms. The van der Waals surface area contributed by atoms with Crippen molar-refractivity contribution in [1.29, 1.82) is 5.26 Å². The van der Waals surface area contributed by atoms with Crippen molar-refractivity contribution in [2.75, 3.05) is 6.54 Å². The molecule has 4 heteroatoms. The standard InChI is InChI=1S/C16H19N3O/c1-3-8-19(12-16-9-13(2)18-20-16)11-15-6-4-14(10-17)5-7-15/h4-7,9H,3,8,11-12H2,1-2H3. The van der Waals surface area contributed by atoms with Crippen molar-refractivity contribution in [3.05, 3.63) is 52.9 Å². The molecule has 0 fully saturated rings. The molecule has 20 heavy (non-hydrogen) atoms. The highest BCUT2D eigenvalue weighted by Crippen LogP contribution is 2.12. The molecule has 1 aromatic heterocycles. The molecule has 0 aliphatic carbocycles. The van der Waals surface area contributed by atoms with Gasteiger partial charge in [0.25, 0.3) is 0 Å². The Hall–Kier alpha value is -2.12. The molecule has 0 aliphatic rings. The second-order valence-electron chi connectivity index (χ2n) is 4.95. The van der Waals surface area contributed by atoms with Crippen molar-refractivity contribution in [2.45, 2.75) is 33.4 Å². The van der Waals surface area contributed by atoms with E-state index in [1.54, 1.807) is 0 Å². The van der Waals surface area contributed by atoms with Crippen LogP contribution in [0.15, 0.2) is 34.9 Å². The lowest BCUT2D eigenvalue weighted by molar-refractivity contribution is 0.223. The predicted molar refractivity (Wildman–Crippen MR) is 76.8 cm³/mol. The number of aromatic nitrogens is 1. The minimum atomic E-state index is 0.696. The van der Waals surface area contributed by atoms with E-state index in [1.165, 1.54) is 5.56 Å². The van der Waals surface area contributed by atoms with E-state index in [4.69, 9.17) is 9.78 Å². The fourth-order valence-electron chi connectivity index (χ4n) is 2.18. The summed E-state index contributed by atoms with van der Waals surface area (Å²) in [5.74, 6) is 0.893. The Bertz CT molecular complexity index is 581. The molecule has 104 valence electrons. The van der Waals surface area contributed by atoms with Crippen LogP contribution in [0, 0.1) is 18.3 Å². The van der Waals surface area contributed by atoms with Gasteiger partial charge in [-0.3, -0.25) is 4.90 Å². The molecule has 0 radical (unpaired) electrons. The van der Waals surface area contributed by atoms with Gasteiger partial charge in [-0.15, -0.1) is 0 Å². The smallest absolute Gasteiger partial charge is 0.150 e. The fourth-order valence-corrected chi connectivity index (χ4v) is 2.18. The molecule has 1 heterocycles. The normalized spacial score (nSPS) is 10.7. The van der Waals surface area contributed by atoms with E-state index in [0.29, 0.717) is 5.56 Å². The summed E-state index contributed by atoms with van der Waals surface area (Å²) in [6.07, 6.45) is 1.09. The van der Waals surface area contributed by atoms with E-state index in [-0.39, 0.29) is 0 Å². The number of rotatable bonds is 6. The number of nitrogens with zero attached hydrogens (tertiary/aromatic N) is 3. The Labute approximate surface area is 119 Å². The maximum Gasteiger partial charge on any atom is 0.150 e. The first kappa shape index (κ1) is 14.3. The quantitative estimate of drug-likeness (QED) is 0.807. The minimum Gasteiger partial charge on any atom is -0.360 e. The molecular weight excluding hydrogens is 250 g/mol. The SMILES string of the molecule is CCCN(Cc1ccc(C#N)cc1)Cc1cc(C)no1. The van der Waals surface area contributed by atoms with E-state index in [9.17, 15) is 0 Å². The lowest BCUT2D eigenvalue weighted by Crippen LogP contribution is -2.23. The van der Waals surface area contributed by atoms with Crippen LogP contribution in [0.3, 0.4) is 0 Å². The number of hydrogen-bond acceptors (Lipinski definition) is 4. The van der Waals surface area contributed by atoms with Crippen LogP contribution in [0.5, 0.6) is 0 Å². The average molecular weight is 269 g/mol. The van der Waals surface area contributed by atoms with Crippen LogP contribution in [0.1, 0.15) is 35.9 Å². The van der Waals surface area contributed by atoms with Crippen molar-refractivity contribution in [3.8, 4) is 6.07 Å². The zero-order chi connectivity index (χ0) is 14.4. The summed E-state index contributed by atoms with van der Waals surface area (Å²) < 4.78 is 5.28. The van der Waals surface area contributed by atoms with Gasteiger partial charge in [-0.05, 0) is 37.6 Å². The molecule has 4 nitrogen and oxygen atoms in total. The zero-order valence-electron chi connectivity index (χ0n) is 12.0. The van der Waals surface area contributed by atoms with Crippen LogP contribution in [0.2, 0.25) is 0 Å². The molecular formula is C16H19N3O. The third kappa shape index (κ3) is 3.94. The monoisotopic (exact) mass is 269 g/mol. The summed E-state index contributed by atoms with van der Waals surface area (Å²) in [5.41, 5.74) is 2.81. The highest BCUT2D eigenvalue weighted by Gasteiger charge is 2.09. The largest absolute Gasteiger partial charge is 0.360 e. The summed E-state index contributed by atoms with van der Waals surface area (Å²) >= 11 is 0. The van der Waals surface area contributed by atoms with Gasteiger partial charge in [0.2, 0.25) is 0 Å². The third-order valence-corrected chi connectivity index (χ3v) is 3.09. The number of hydrogen-bond donors (Lipinski definition) is 0. The van der Waals surface area contributed by atoms with E-state index in [0.717, 1.165) is 37.5 Å². The Kier molecular flexibility index (Phi) is 4.91. The maximum atomic E-state index is 8.81. The van der Waals surface area contributed by atoms with Crippen LogP contribution in [0.4, 0.5) is 0 Å². The van der Waals surface area contributed by atoms with Gasteiger partial charge in [-0.1, -0.05) is 24.2 Å². The van der Waals surface area contributed by atoms with E-state index in [2.05, 4.69) is 23.0 Å². The molecule has 0 amide bonds. The topological polar surface area (TPSA) is 53.1 Å². The molecule has 1 aromatic carbocycles. The maximum absolute atomic E-state index is 8.81. The summed E-state index contributed by atoms with van der Waals surface area (Å²) in [6, 6.07) is 11.8.